The molecule has 0 radical (unpaired) electrons. The van der Waals surface area contributed by atoms with Crippen LogP contribution in [-0.4, -0.2) is 16.5 Å². The number of nitrogens with zero attached hydrogens (tertiary/aromatic N) is 1. The molecule has 3 N–H and O–H groups in total. The fraction of sp³-hybridized carbons (Fsp3) is 0.571. The van der Waals surface area contributed by atoms with Gasteiger partial charge >= 0.3 is 0 Å². The summed E-state index contributed by atoms with van der Waals surface area (Å²) in [4.78, 5) is 4.84. The Hall–Kier alpha value is -1.16. The van der Waals surface area contributed by atoms with E-state index in [2.05, 4.69) is 24.1 Å². The summed E-state index contributed by atoms with van der Waals surface area (Å²) in [5, 5.41) is 3.33. The number of rotatable bonds is 7. The van der Waals surface area contributed by atoms with Crippen LogP contribution in [0.4, 0.5) is 5.82 Å². The van der Waals surface area contributed by atoms with E-state index in [4.69, 9.17) is 18.0 Å². The van der Waals surface area contributed by atoms with Crippen LogP contribution in [-0.2, 0) is 0 Å². The Labute approximate surface area is 115 Å². The Morgan fingerprint density at radius 3 is 2.72 bits per heavy atom. The van der Waals surface area contributed by atoms with Crippen molar-refractivity contribution in [3.05, 3.63) is 23.4 Å². The quantitative estimate of drug-likeness (QED) is 0.587. The second-order valence-electron chi connectivity index (χ2n) is 5.03. The van der Waals surface area contributed by atoms with Crippen molar-refractivity contribution in [2.45, 2.75) is 40.0 Å². The number of pyridine rings is 1. The number of aromatic nitrogens is 1. The lowest BCUT2D eigenvalue weighted by Crippen LogP contribution is -2.15. The maximum absolute atomic E-state index is 5.69. The van der Waals surface area contributed by atoms with Gasteiger partial charge < -0.3 is 11.1 Å². The van der Waals surface area contributed by atoms with Crippen LogP contribution in [0.3, 0.4) is 0 Å². The maximum atomic E-state index is 5.69. The first-order valence-electron chi connectivity index (χ1n) is 6.52. The summed E-state index contributed by atoms with van der Waals surface area (Å²) < 4.78 is 0. The van der Waals surface area contributed by atoms with Crippen molar-refractivity contribution in [2.24, 2.45) is 11.7 Å². The summed E-state index contributed by atoms with van der Waals surface area (Å²) in [7, 11) is 0. The van der Waals surface area contributed by atoms with E-state index < -0.39 is 0 Å². The molecule has 0 aliphatic heterocycles. The number of nitrogens with one attached hydrogen (secondary N) is 1. The zero-order chi connectivity index (χ0) is 13.5. The number of anilines is 1. The van der Waals surface area contributed by atoms with Gasteiger partial charge in [-0.05, 0) is 31.4 Å². The molecule has 0 amide bonds. The zero-order valence-electron chi connectivity index (χ0n) is 11.5. The fourth-order valence-electron chi connectivity index (χ4n) is 1.77. The average molecular weight is 265 g/mol. The summed E-state index contributed by atoms with van der Waals surface area (Å²) in [6.07, 6.45) is 3.65. The molecule has 100 valence electrons. The lowest BCUT2D eigenvalue weighted by Gasteiger charge is -2.11. The van der Waals surface area contributed by atoms with Gasteiger partial charge in [-0.15, -0.1) is 0 Å². The van der Waals surface area contributed by atoms with Gasteiger partial charge in [-0.3, -0.25) is 0 Å². The summed E-state index contributed by atoms with van der Waals surface area (Å²) in [6.45, 7) is 7.38. The summed E-state index contributed by atoms with van der Waals surface area (Å²) in [5.74, 6) is 1.58. The van der Waals surface area contributed by atoms with Crippen molar-refractivity contribution in [1.29, 1.82) is 0 Å². The Kier molecular flexibility index (Phi) is 6.05. The number of nitrogens with two attached hydrogens (primary N) is 1. The topological polar surface area (TPSA) is 50.9 Å². The lowest BCUT2D eigenvalue weighted by atomic mass is 10.1. The first kappa shape index (κ1) is 14.9. The van der Waals surface area contributed by atoms with Crippen molar-refractivity contribution in [2.75, 3.05) is 11.9 Å². The van der Waals surface area contributed by atoms with Gasteiger partial charge in [0.15, 0.2) is 0 Å². The first-order valence-corrected chi connectivity index (χ1v) is 6.93. The number of thiocarbonyl (C=S) groups is 1. The third kappa shape index (κ3) is 5.00. The smallest absolute Gasteiger partial charge is 0.136 e. The van der Waals surface area contributed by atoms with E-state index >= 15 is 0 Å². The molecule has 1 heterocycles. The molecular weight excluding hydrogens is 242 g/mol. The Morgan fingerprint density at radius 2 is 2.11 bits per heavy atom. The molecule has 0 aliphatic rings. The molecule has 1 aromatic heterocycles. The lowest BCUT2D eigenvalue weighted by molar-refractivity contribution is 0.544. The number of hydrogen-bond donors (Lipinski definition) is 2. The molecule has 0 bridgehead atoms. The SMILES string of the molecule is Cc1ccc(C(N)=S)c(NCCCCC(C)C)n1. The summed E-state index contributed by atoms with van der Waals surface area (Å²) in [6, 6.07) is 3.86. The molecule has 0 unspecified atom stereocenters. The van der Waals surface area contributed by atoms with Gasteiger partial charge in [0.1, 0.15) is 10.8 Å². The second-order valence-corrected chi connectivity index (χ2v) is 5.47. The van der Waals surface area contributed by atoms with Gasteiger partial charge in [0.25, 0.3) is 0 Å². The van der Waals surface area contributed by atoms with Gasteiger partial charge in [-0.25, -0.2) is 4.98 Å². The molecule has 0 fully saturated rings. The van der Waals surface area contributed by atoms with Gasteiger partial charge in [0.2, 0.25) is 0 Å². The fourth-order valence-corrected chi connectivity index (χ4v) is 1.94. The monoisotopic (exact) mass is 265 g/mol. The predicted octanol–water partition coefficient (Wildman–Crippen LogP) is 3.26. The van der Waals surface area contributed by atoms with Gasteiger partial charge in [0.05, 0.1) is 5.56 Å². The van der Waals surface area contributed by atoms with Crippen LogP contribution in [0.2, 0.25) is 0 Å². The number of aryl methyl sites for hydroxylation is 1. The van der Waals surface area contributed by atoms with Crippen molar-refractivity contribution in [1.82, 2.24) is 4.98 Å². The predicted molar refractivity (Wildman–Crippen MR) is 82.0 cm³/mol. The Balaban J connectivity index is 2.50. The van der Waals surface area contributed by atoms with Crippen molar-refractivity contribution in [3.63, 3.8) is 0 Å². The number of unbranched alkanes of at least 4 members (excludes halogenated alkanes) is 1. The molecule has 4 heteroatoms. The molecule has 0 aliphatic carbocycles. The van der Waals surface area contributed by atoms with E-state index in [1.165, 1.54) is 12.8 Å². The molecule has 0 atom stereocenters. The minimum Gasteiger partial charge on any atom is -0.389 e. The van der Waals surface area contributed by atoms with Crippen molar-refractivity contribution >= 4 is 23.0 Å². The molecule has 0 aromatic carbocycles. The van der Waals surface area contributed by atoms with Crippen LogP contribution < -0.4 is 11.1 Å². The van der Waals surface area contributed by atoms with E-state index in [0.717, 1.165) is 36.0 Å². The van der Waals surface area contributed by atoms with Crippen LogP contribution in [0.5, 0.6) is 0 Å². The van der Waals surface area contributed by atoms with Gasteiger partial charge in [-0.1, -0.05) is 38.9 Å². The minimum absolute atomic E-state index is 0.396. The highest BCUT2D eigenvalue weighted by Gasteiger charge is 2.06. The summed E-state index contributed by atoms with van der Waals surface area (Å²) in [5.41, 5.74) is 7.49. The third-order valence-corrected chi connectivity index (χ3v) is 3.02. The normalized spacial score (nSPS) is 10.7. The highest BCUT2D eigenvalue weighted by atomic mass is 32.1. The molecule has 0 spiro atoms. The summed E-state index contributed by atoms with van der Waals surface area (Å²) >= 11 is 5.03. The third-order valence-electron chi connectivity index (χ3n) is 2.80. The average Bonchev–Trinajstić information content (AvgIpc) is 2.27. The molecule has 3 nitrogen and oxygen atoms in total. The van der Waals surface area contributed by atoms with Crippen LogP contribution >= 0.6 is 12.2 Å². The van der Waals surface area contributed by atoms with E-state index in [1.54, 1.807) is 0 Å². The molecule has 1 rings (SSSR count). The highest BCUT2D eigenvalue weighted by Crippen LogP contribution is 2.14. The molecule has 18 heavy (non-hydrogen) atoms. The standard InChI is InChI=1S/C14H23N3S/c1-10(2)6-4-5-9-16-14-12(13(15)18)8-7-11(3)17-14/h7-8,10H,4-6,9H2,1-3H3,(H2,15,18)(H,16,17). The minimum atomic E-state index is 0.396. The van der Waals surface area contributed by atoms with E-state index in [9.17, 15) is 0 Å². The van der Waals surface area contributed by atoms with Crippen LogP contribution in [0.15, 0.2) is 12.1 Å². The van der Waals surface area contributed by atoms with Gasteiger partial charge in [-0.2, -0.15) is 0 Å². The van der Waals surface area contributed by atoms with Crippen LogP contribution in [0, 0.1) is 12.8 Å². The molecule has 0 saturated carbocycles. The highest BCUT2D eigenvalue weighted by molar-refractivity contribution is 7.80. The van der Waals surface area contributed by atoms with Crippen molar-refractivity contribution in [3.8, 4) is 0 Å². The molecular formula is C14H23N3S. The van der Waals surface area contributed by atoms with E-state index in [1.807, 2.05) is 19.1 Å². The van der Waals surface area contributed by atoms with Crippen LogP contribution in [0.1, 0.15) is 44.4 Å². The maximum Gasteiger partial charge on any atom is 0.136 e. The van der Waals surface area contributed by atoms with Crippen LogP contribution in [0.25, 0.3) is 0 Å². The van der Waals surface area contributed by atoms with E-state index in [0.29, 0.717) is 4.99 Å². The van der Waals surface area contributed by atoms with Crippen molar-refractivity contribution < 1.29 is 0 Å². The Bertz CT molecular complexity index is 402. The second kappa shape index (κ2) is 7.31. The first-order chi connectivity index (χ1) is 8.50. The molecule has 0 saturated heterocycles. The largest absolute Gasteiger partial charge is 0.389 e. The Morgan fingerprint density at radius 1 is 1.39 bits per heavy atom. The molecule has 1 aromatic rings. The van der Waals surface area contributed by atoms with E-state index in [-0.39, 0.29) is 0 Å². The number of hydrogen-bond acceptors (Lipinski definition) is 3. The zero-order valence-corrected chi connectivity index (χ0v) is 12.3. The van der Waals surface area contributed by atoms with Gasteiger partial charge in [0, 0.05) is 12.2 Å².